The number of hydrogen-bond acceptors (Lipinski definition) is 5. The molecular weight excluding hydrogens is 497 g/mol. The van der Waals surface area contributed by atoms with Crippen LogP contribution in [0, 0.1) is 19.7 Å². The van der Waals surface area contributed by atoms with E-state index in [-0.39, 0.29) is 23.7 Å². The highest BCUT2D eigenvalue weighted by Crippen LogP contribution is 2.40. The zero-order valence-electron chi connectivity index (χ0n) is 21.7. The first kappa shape index (κ1) is 26.0. The Hall–Kier alpha value is -4.65. The van der Waals surface area contributed by atoms with Gasteiger partial charge in [0.25, 0.3) is 11.7 Å². The molecule has 2 heterocycles. The topological polar surface area (TPSA) is 80.0 Å². The predicted octanol–water partition coefficient (Wildman–Crippen LogP) is 6.28. The first-order chi connectivity index (χ1) is 18.8. The van der Waals surface area contributed by atoms with Crippen molar-refractivity contribution in [1.82, 2.24) is 4.90 Å². The fraction of sp³-hybridized carbons (Fsp3) is 0.188. The van der Waals surface area contributed by atoms with E-state index in [0.29, 0.717) is 35.9 Å². The Bertz CT molecular complexity index is 1540. The summed E-state index contributed by atoms with van der Waals surface area (Å²) in [7, 11) is 0. The normalized spacial score (nSPS) is 16.6. The van der Waals surface area contributed by atoms with Gasteiger partial charge in [0.1, 0.15) is 41.5 Å². The predicted molar refractivity (Wildman–Crippen MR) is 145 cm³/mol. The average molecular weight is 526 g/mol. The van der Waals surface area contributed by atoms with Crippen LogP contribution in [0.3, 0.4) is 0 Å². The quantitative estimate of drug-likeness (QED) is 0.166. The molecule has 0 aliphatic carbocycles. The standard InChI is InChI=1S/C32H28FNO5/c1-20-18-24(11-15-26(20)38-19-23-6-4-3-5-7-23)30(35)28-29(27-14-8-21(2)39-27)34(32(37)31(28)36)17-16-22-9-12-25(33)13-10-22/h3-15,18,29,35H,16-17,19H2,1-2H3/b30-28-. The molecule has 1 unspecified atom stereocenters. The number of aliphatic hydroxyl groups excluding tert-OH is 1. The van der Waals surface area contributed by atoms with Gasteiger partial charge in [-0.3, -0.25) is 9.59 Å². The van der Waals surface area contributed by atoms with Crippen LogP contribution in [-0.2, 0) is 22.6 Å². The van der Waals surface area contributed by atoms with Crippen molar-refractivity contribution in [2.24, 2.45) is 0 Å². The molecule has 1 amide bonds. The van der Waals surface area contributed by atoms with Crippen LogP contribution in [0.15, 0.2) is 94.9 Å². The van der Waals surface area contributed by atoms with Gasteiger partial charge in [0.15, 0.2) is 0 Å². The van der Waals surface area contributed by atoms with Gasteiger partial charge in [-0.25, -0.2) is 4.39 Å². The molecular formula is C32H28FNO5. The number of carbonyl (C=O) groups excluding carboxylic acids is 2. The van der Waals surface area contributed by atoms with Gasteiger partial charge >= 0.3 is 0 Å². The lowest BCUT2D eigenvalue weighted by Crippen LogP contribution is -2.31. The molecule has 4 aromatic rings. The van der Waals surface area contributed by atoms with E-state index >= 15 is 0 Å². The largest absolute Gasteiger partial charge is 0.507 e. The molecule has 0 saturated carbocycles. The molecule has 1 N–H and O–H groups in total. The third-order valence-corrected chi connectivity index (χ3v) is 6.81. The minimum atomic E-state index is -0.895. The molecule has 198 valence electrons. The Morgan fingerprint density at radius 3 is 2.36 bits per heavy atom. The molecule has 1 aromatic heterocycles. The second kappa shape index (κ2) is 11.0. The Balaban J connectivity index is 1.45. The van der Waals surface area contributed by atoms with Crippen molar-refractivity contribution < 1.29 is 28.2 Å². The molecule has 0 radical (unpaired) electrons. The summed E-state index contributed by atoms with van der Waals surface area (Å²) in [4.78, 5) is 27.8. The Kier molecular flexibility index (Phi) is 7.32. The fourth-order valence-electron chi connectivity index (χ4n) is 4.76. The minimum absolute atomic E-state index is 0.0363. The molecule has 6 nitrogen and oxygen atoms in total. The van der Waals surface area contributed by atoms with Crippen molar-refractivity contribution in [3.8, 4) is 5.75 Å². The second-order valence-electron chi connectivity index (χ2n) is 9.57. The smallest absolute Gasteiger partial charge is 0.295 e. The van der Waals surface area contributed by atoms with Crippen LogP contribution in [0.4, 0.5) is 4.39 Å². The number of ether oxygens (including phenoxy) is 1. The lowest BCUT2D eigenvalue weighted by Gasteiger charge is -2.23. The summed E-state index contributed by atoms with van der Waals surface area (Å²) >= 11 is 0. The fourth-order valence-corrected chi connectivity index (χ4v) is 4.76. The molecule has 5 rings (SSSR count). The number of nitrogens with zero attached hydrogens (tertiary/aromatic N) is 1. The van der Waals surface area contributed by atoms with Crippen molar-refractivity contribution in [2.45, 2.75) is 32.9 Å². The van der Waals surface area contributed by atoms with Gasteiger partial charge in [-0.2, -0.15) is 0 Å². The zero-order chi connectivity index (χ0) is 27.5. The summed E-state index contributed by atoms with van der Waals surface area (Å²) in [5.74, 6) is -0.499. The van der Waals surface area contributed by atoms with Gasteiger partial charge in [-0.15, -0.1) is 0 Å². The van der Waals surface area contributed by atoms with E-state index in [1.165, 1.54) is 17.0 Å². The Labute approximate surface area is 226 Å². The van der Waals surface area contributed by atoms with E-state index in [1.807, 2.05) is 37.3 Å². The molecule has 3 aromatic carbocycles. The number of carbonyl (C=O) groups is 2. The number of ketones is 1. The highest BCUT2D eigenvalue weighted by Gasteiger charge is 2.47. The number of aryl methyl sites for hydroxylation is 2. The van der Waals surface area contributed by atoms with E-state index in [9.17, 15) is 19.1 Å². The van der Waals surface area contributed by atoms with Crippen molar-refractivity contribution in [1.29, 1.82) is 0 Å². The van der Waals surface area contributed by atoms with Crippen LogP contribution in [0.25, 0.3) is 5.76 Å². The SMILES string of the molecule is Cc1ccc(C2/C(=C(/O)c3ccc(OCc4ccccc4)c(C)c3)C(=O)C(=O)N2CCc2ccc(F)cc2)o1. The molecule has 0 bridgehead atoms. The van der Waals surface area contributed by atoms with Gasteiger partial charge in [0, 0.05) is 12.1 Å². The van der Waals surface area contributed by atoms with Crippen LogP contribution >= 0.6 is 0 Å². The summed E-state index contributed by atoms with van der Waals surface area (Å²) in [5, 5.41) is 11.4. The summed E-state index contributed by atoms with van der Waals surface area (Å²) in [6.07, 6.45) is 0.399. The average Bonchev–Trinajstić information content (AvgIpc) is 3.48. The monoisotopic (exact) mass is 525 g/mol. The molecule has 1 fully saturated rings. The number of Topliss-reactive ketones (excluding diaryl/α,β-unsaturated/α-hetero) is 1. The van der Waals surface area contributed by atoms with Gasteiger partial charge in [-0.1, -0.05) is 42.5 Å². The molecule has 39 heavy (non-hydrogen) atoms. The number of furan rings is 1. The Morgan fingerprint density at radius 2 is 1.69 bits per heavy atom. The zero-order valence-corrected chi connectivity index (χ0v) is 21.7. The number of hydrogen-bond donors (Lipinski definition) is 1. The van der Waals surface area contributed by atoms with Crippen LogP contribution in [0.2, 0.25) is 0 Å². The van der Waals surface area contributed by atoms with Gasteiger partial charge in [0.2, 0.25) is 0 Å². The lowest BCUT2D eigenvalue weighted by molar-refractivity contribution is -0.140. The van der Waals surface area contributed by atoms with E-state index < -0.39 is 17.7 Å². The number of likely N-dealkylation sites (tertiary alicyclic amines) is 1. The summed E-state index contributed by atoms with van der Waals surface area (Å²) in [6, 6.07) is 23.5. The van der Waals surface area contributed by atoms with Gasteiger partial charge < -0.3 is 19.2 Å². The number of rotatable bonds is 8. The van der Waals surface area contributed by atoms with E-state index in [0.717, 1.165) is 16.7 Å². The third-order valence-electron chi connectivity index (χ3n) is 6.81. The highest BCUT2D eigenvalue weighted by molar-refractivity contribution is 6.46. The van der Waals surface area contributed by atoms with Crippen LogP contribution < -0.4 is 4.74 Å². The van der Waals surface area contributed by atoms with Crippen molar-refractivity contribution in [2.75, 3.05) is 6.54 Å². The molecule has 1 aliphatic rings. The van der Waals surface area contributed by atoms with Gasteiger partial charge in [-0.05, 0) is 79.4 Å². The van der Waals surface area contributed by atoms with E-state index in [2.05, 4.69) is 0 Å². The molecule has 1 aliphatic heterocycles. The maximum Gasteiger partial charge on any atom is 0.295 e. The van der Waals surface area contributed by atoms with E-state index in [1.54, 1.807) is 49.4 Å². The van der Waals surface area contributed by atoms with Crippen molar-refractivity contribution >= 4 is 17.4 Å². The highest BCUT2D eigenvalue weighted by atomic mass is 19.1. The van der Waals surface area contributed by atoms with Crippen LogP contribution in [-0.4, -0.2) is 28.2 Å². The Morgan fingerprint density at radius 1 is 0.949 bits per heavy atom. The summed E-state index contributed by atoms with van der Waals surface area (Å²) < 4.78 is 25.1. The summed E-state index contributed by atoms with van der Waals surface area (Å²) in [6.45, 7) is 4.20. The first-order valence-electron chi connectivity index (χ1n) is 12.7. The van der Waals surface area contributed by atoms with Crippen molar-refractivity contribution in [3.05, 3.63) is 130 Å². The number of benzene rings is 3. The molecule has 7 heteroatoms. The first-order valence-corrected chi connectivity index (χ1v) is 12.7. The van der Waals surface area contributed by atoms with Crippen LogP contribution in [0.5, 0.6) is 5.75 Å². The van der Waals surface area contributed by atoms with E-state index in [4.69, 9.17) is 9.15 Å². The minimum Gasteiger partial charge on any atom is -0.507 e. The van der Waals surface area contributed by atoms with Crippen LogP contribution in [0.1, 0.15) is 39.8 Å². The maximum atomic E-state index is 13.3. The number of aliphatic hydroxyl groups is 1. The number of amides is 1. The molecule has 1 atom stereocenters. The van der Waals surface area contributed by atoms with Gasteiger partial charge in [0.05, 0.1) is 5.57 Å². The summed E-state index contributed by atoms with van der Waals surface area (Å²) in [5.41, 5.74) is 2.97. The molecule has 1 saturated heterocycles. The third kappa shape index (κ3) is 5.48. The van der Waals surface area contributed by atoms with Crippen molar-refractivity contribution in [3.63, 3.8) is 0 Å². The molecule has 0 spiro atoms. The lowest BCUT2D eigenvalue weighted by atomic mass is 9.98. The maximum absolute atomic E-state index is 13.3. The number of halogens is 1. The second-order valence-corrected chi connectivity index (χ2v) is 9.57.